The third kappa shape index (κ3) is 1.72. The van der Waals surface area contributed by atoms with Gasteiger partial charge in [0.15, 0.2) is 6.29 Å². The Morgan fingerprint density at radius 3 is 2.17 bits per heavy atom. The summed E-state index contributed by atoms with van der Waals surface area (Å²) in [5.74, 6) is 0. The van der Waals surface area contributed by atoms with Gasteiger partial charge in [0, 0.05) is 20.6 Å². The summed E-state index contributed by atoms with van der Waals surface area (Å²) in [5, 5.41) is 19.1. The molecule has 2 nitrogen and oxygen atoms in total. The smallest absolute Gasteiger partial charge is 0.178 e. The highest BCUT2D eigenvalue weighted by Crippen LogP contribution is 2.58. The molecule has 3 heteroatoms. The van der Waals surface area contributed by atoms with Crippen LogP contribution in [0.3, 0.4) is 0 Å². The first-order valence-corrected chi connectivity index (χ1v) is 7.11. The van der Waals surface area contributed by atoms with Crippen molar-refractivity contribution < 1.29 is 10.2 Å². The molecule has 0 bridgehead atoms. The highest BCUT2D eigenvalue weighted by molar-refractivity contribution is 8.01. The van der Waals surface area contributed by atoms with E-state index in [0.29, 0.717) is 5.56 Å². The summed E-state index contributed by atoms with van der Waals surface area (Å²) in [6.45, 7) is 12.9. The van der Waals surface area contributed by atoms with Crippen LogP contribution in [0.4, 0.5) is 0 Å². The Bertz CT molecular complexity index is 502. The Morgan fingerprint density at radius 1 is 1.11 bits per heavy atom. The fourth-order valence-electron chi connectivity index (χ4n) is 2.92. The molecule has 0 saturated heterocycles. The maximum atomic E-state index is 9.57. The fourth-order valence-corrected chi connectivity index (χ4v) is 4.57. The van der Waals surface area contributed by atoms with E-state index in [-0.39, 0.29) is 10.2 Å². The molecular weight excluding hydrogens is 244 g/mol. The molecule has 18 heavy (non-hydrogen) atoms. The molecule has 0 aliphatic carbocycles. The van der Waals surface area contributed by atoms with Crippen molar-refractivity contribution in [3.05, 3.63) is 28.3 Å². The Hall–Kier alpha value is -0.510. The third-order valence-electron chi connectivity index (χ3n) is 4.55. The van der Waals surface area contributed by atoms with Gasteiger partial charge >= 0.3 is 0 Å². The molecule has 0 saturated carbocycles. The molecule has 100 valence electrons. The van der Waals surface area contributed by atoms with Gasteiger partial charge in [-0.15, -0.1) is 11.8 Å². The number of aryl methyl sites for hydroxylation is 1. The molecule has 1 heterocycles. The normalized spacial score (nSPS) is 20.3. The third-order valence-corrected chi connectivity index (χ3v) is 6.11. The van der Waals surface area contributed by atoms with Crippen molar-refractivity contribution in [3.8, 4) is 0 Å². The first-order chi connectivity index (χ1) is 8.09. The topological polar surface area (TPSA) is 40.5 Å². The Balaban J connectivity index is 2.75. The van der Waals surface area contributed by atoms with E-state index in [1.54, 1.807) is 0 Å². The van der Waals surface area contributed by atoms with Gasteiger partial charge in [0.1, 0.15) is 0 Å². The van der Waals surface area contributed by atoms with Crippen molar-refractivity contribution in [2.24, 2.45) is 0 Å². The maximum absolute atomic E-state index is 9.57. The summed E-state index contributed by atoms with van der Waals surface area (Å²) in [4.78, 5) is 1.28. The molecule has 0 fully saturated rings. The van der Waals surface area contributed by atoms with E-state index < -0.39 is 6.29 Å². The van der Waals surface area contributed by atoms with Crippen molar-refractivity contribution in [3.63, 3.8) is 0 Å². The SMILES string of the molecule is Cc1cc2c(c(C)c1C(O)O)C(C)(C)C(C)(C)S2. The fraction of sp³-hybridized carbons (Fsp3) is 0.600. The van der Waals surface area contributed by atoms with E-state index in [4.69, 9.17) is 0 Å². The molecule has 0 spiro atoms. The number of aliphatic hydroxyl groups is 2. The number of fused-ring (bicyclic) bond motifs is 1. The molecule has 2 rings (SSSR count). The van der Waals surface area contributed by atoms with Crippen LogP contribution < -0.4 is 0 Å². The highest BCUT2D eigenvalue weighted by atomic mass is 32.2. The Kier molecular flexibility index (Phi) is 3.08. The number of aliphatic hydroxyl groups excluding tert-OH is 1. The van der Waals surface area contributed by atoms with Gasteiger partial charge in [-0.25, -0.2) is 0 Å². The van der Waals surface area contributed by atoms with E-state index in [1.807, 2.05) is 25.6 Å². The van der Waals surface area contributed by atoms with Crippen LogP contribution in [0.2, 0.25) is 0 Å². The molecule has 0 amide bonds. The summed E-state index contributed by atoms with van der Waals surface area (Å²) < 4.78 is 0.117. The minimum Gasteiger partial charge on any atom is -0.364 e. The minimum absolute atomic E-state index is 0.0222. The largest absolute Gasteiger partial charge is 0.364 e. The molecule has 2 N–H and O–H groups in total. The van der Waals surface area contributed by atoms with Crippen LogP contribution in [0.5, 0.6) is 0 Å². The Morgan fingerprint density at radius 2 is 1.67 bits per heavy atom. The number of hydrogen-bond donors (Lipinski definition) is 2. The van der Waals surface area contributed by atoms with Crippen molar-refractivity contribution >= 4 is 11.8 Å². The number of benzene rings is 1. The van der Waals surface area contributed by atoms with Gasteiger partial charge in [-0.3, -0.25) is 0 Å². The van der Waals surface area contributed by atoms with E-state index in [2.05, 4.69) is 33.8 Å². The lowest BCUT2D eigenvalue weighted by molar-refractivity contribution is -0.0435. The predicted molar refractivity (Wildman–Crippen MR) is 76.1 cm³/mol. The average Bonchev–Trinajstić information content (AvgIpc) is 2.30. The summed E-state index contributed by atoms with van der Waals surface area (Å²) >= 11 is 1.89. The van der Waals surface area contributed by atoms with Gasteiger partial charge in [-0.05, 0) is 50.5 Å². The Labute approximate surface area is 113 Å². The van der Waals surface area contributed by atoms with Gasteiger partial charge in [0.05, 0.1) is 0 Å². The quantitative estimate of drug-likeness (QED) is 0.765. The van der Waals surface area contributed by atoms with E-state index in [1.165, 1.54) is 10.5 Å². The predicted octanol–water partition coefficient (Wildman–Crippen LogP) is 3.45. The van der Waals surface area contributed by atoms with Crippen molar-refractivity contribution in [2.75, 3.05) is 0 Å². The monoisotopic (exact) mass is 266 g/mol. The molecule has 0 atom stereocenters. The number of thioether (sulfide) groups is 1. The zero-order valence-corrected chi connectivity index (χ0v) is 12.8. The maximum Gasteiger partial charge on any atom is 0.178 e. The first-order valence-electron chi connectivity index (χ1n) is 6.29. The first kappa shape index (κ1) is 13.9. The van der Waals surface area contributed by atoms with Gasteiger partial charge in [0.2, 0.25) is 0 Å². The summed E-state index contributed by atoms with van der Waals surface area (Å²) in [7, 11) is 0. The second-order valence-corrected chi connectivity index (χ2v) is 7.88. The van der Waals surface area contributed by atoms with Gasteiger partial charge < -0.3 is 10.2 Å². The van der Waals surface area contributed by atoms with Crippen LogP contribution in [-0.4, -0.2) is 15.0 Å². The van der Waals surface area contributed by atoms with Gasteiger partial charge in [-0.2, -0.15) is 0 Å². The van der Waals surface area contributed by atoms with Crippen LogP contribution in [0, 0.1) is 13.8 Å². The molecule has 1 aromatic rings. The molecule has 0 radical (unpaired) electrons. The summed E-state index contributed by atoms with van der Waals surface area (Å²) in [5.41, 5.74) is 3.95. The second-order valence-electron chi connectivity index (χ2n) is 6.22. The van der Waals surface area contributed by atoms with Gasteiger partial charge in [-0.1, -0.05) is 13.8 Å². The molecule has 1 aliphatic heterocycles. The van der Waals surface area contributed by atoms with E-state index in [0.717, 1.165) is 11.1 Å². The van der Waals surface area contributed by atoms with Crippen LogP contribution in [0.1, 0.15) is 56.2 Å². The van der Waals surface area contributed by atoms with Crippen molar-refractivity contribution in [1.29, 1.82) is 0 Å². The van der Waals surface area contributed by atoms with E-state index in [9.17, 15) is 10.2 Å². The zero-order chi connectivity index (χ0) is 13.9. The van der Waals surface area contributed by atoms with E-state index >= 15 is 0 Å². The highest BCUT2D eigenvalue weighted by Gasteiger charge is 2.48. The van der Waals surface area contributed by atoms with Crippen molar-refractivity contribution in [1.82, 2.24) is 0 Å². The average molecular weight is 266 g/mol. The molecule has 0 aromatic heterocycles. The lowest BCUT2D eigenvalue weighted by Gasteiger charge is -2.35. The molecule has 1 aromatic carbocycles. The summed E-state index contributed by atoms with van der Waals surface area (Å²) in [6.07, 6.45) is -1.39. The summed E-state index contributed by atoms with van der Waals surface area (Å²) in [6, 6.07) is 2.10. The minimum atomic E-state index is -1.39. The van der Waals surface area contributed by atoms with Crippen LogP contribution in [0.15, 0.2) is 11.0 Å². The van der Waals surface area contributed by atoms with Crippen LogP contribution in [-0.2, 0) is 5.41 Å². The molecular formula is C15H22O2S. The van der Waals surface area contributed by atoms with Gasteiger partial charge in [0.25, 0.3) is 0 Å². The number of rotatable bonds is 1. The van der Waals surface area contributed by atoms with Crippen LogP contribution >= 0.6 is 11.8 Å². The van der Waals surface area contributed by atoms with Crippen LogP contribution in [0.25, 0.3) is 0 Å². The van der Waals surface area contributed by atoms with Crippen molar-refractivity contribution in [2.45, 2.75) is 62.9 Å². The zero-order valence-electron chi connectivity index (χ0n) is 12.0. The molecule has 1 aliphatic rings. The molecule has 0 unspecified atom stereocenters. The standard InChI is InChI=1S/C15H22O2S/c1-8-7-10-12(9(2)11(8)13(16)17)14(3,4)15(5,6)18-10/h7,13,16-17H,1-6H3. The lowest BCUT2D eigenvalue weighted by Crippen LogP contribution is -2.36. The second kappa shape index (κ2) is 3.99. The number of hydrogen-bond acceptors (Lipinski definition) is 3. The lowest BCUT2D eigenvalue weighted by atomic mass is 9.72.